The van der Waals surface area contributed by atoms with Gasteiger partial charge in [0.1, 0.15) is 5.75 Å². The highest BCUT2D eigenvalue weighted by molar-refractivity contribution is 7.99. The standard InChI is InChI=1S/C19H19N5O3S/c1-12-4-3-5-14(10-12)18(27)22-20-16(26)11-28-19-23-21-17(24(19)2)13-6-8-15(25)9-7-13/h3-10,25H,11H2,1-2H3,(H,20,26)(H,22,27). The number of hydrazine groups is 1. The Labute approximate surface area is 166 Å². The van der Waals surface area contributed by atoms with E-state index in [9.17, 15) is 14.7 Å². The molecule has 3 N–H and O–H groups in total. The van der Waals surface area contributed by atoms with Crippen molar-refractivity contribution in [1.82, 2.24) is 25.6 Å². The van der Waals surface area contributed by atoms with Crippen molar-refractivity contribution in [1.29, 1.82) is 0 Å². The fourth-order valence-electron chi connectivity index (χ4n) is 2.45. The number of amides is 2. The van der Waals surface area contributed by atoms with E-state index >= 15 is 0 Å². The highest BCUT2D eigenvalue weighted by Gasteiger charge is 2.13. The number of phenolic OH excluding ortho intramolecular Hbond substituents is 1. The minimum Gasteiger partial charge on any atom is -0.508 e. The summed E-state index contributed by atoms with van der Waals surface area (Å²) in [6.07, 6.45) is 0. The van der Waals surface area contributed by atoms with E-state index < -0.39 is 0 Å². The summed E-state index contributed by atoms with van der Waals surface area (Å²) in [6, 6.07) is 13.7. The summed E-state index contributed by atoms with van der Waals surface area (Å²) < 4.78 is 1.76. The second kappa shape index (κ2) is 8.57. The van der Waals surface area contributed by atoms with Gasteiger partial charge in [0, 0.05) is 18.2 Å². The summed E-state index contributed by atoms with van der Waals surface area (Å²) in [7, 11) is 1.79. The van der Waals surface area contributed by atoms with E-state index in [4.69, 9.17) is 0 Å². The number of aromatic hydroxyl groups is 1. The first-order valence-electron chi connectivity index (χ1n) is 8.41. The smallest absolute Gasteiger partial charge is 0.269 e. The average molecular weight is 397 g/mol. The minimum atomic E-state index is -0.379. The molecule has 0 bridgehead atoms. The predicted molar refractivity (Wildman–Crippen MR) is 106 cm³/mol. The Hall–Kier alpha value is -3.33. The van der Waals surface area contributed by atoms with Crippen LogP contribution in [0.4, 0.5) is 0 Å². The van der Waals surface area contributed by atoms with Crippen LogP contribution in [0.3, 0.4) is 0 Å². The number of phenols is 1. The van der Waals surface area contributed by atoms with E-state index in [1.807, 2.05) is 13.0 Å². The first-order valence-corrected chi connectivity index (χ1v) is 9.40. The largest absolute Gasteiger partial charge is 0.508 e. The van der Waals surface area contributed by atoms with E-state index in [2.05, 4.69) is 21.0 Å². The van der Waals surface area contributed by atoms with Gasteiger partial charge in [-0.05, 0) is 43.3 Å². The molecule has 0 atom stereocenters. The number of hydrogen-bond donors (Lipinski definition) is 3. The highest BCUT2D eigenvalue weighted by atomic mass is 32.2. The number of aryl methyl sites for hydroxylation is 1. The number of nitrogens with one attached hydrogen (secondary N) is 2. The van der Waals surface area contributed by atoms with Crippen LogP contribution in [-0.2, 0) is 11.8 Å². The summed E-state index contributed by atoms with van der Waals surface area (Å²) in [5.41, 5.74) is 7.02. The molecular formula is C19H19N5O3S. The molecule has 3 aromatic rings. The van der Waals surface area contributed by atoms with Crippen LogP contribution in [0.1, 0.15) is 15.9 Å². The number of carbonyl (C=O) groups is 2. The minimum absolute atomic E-state index is 0.0651. The van der Waals surface area contributed by atoms with E-state index in [0.717, 1.165) is 11.1 Å². The van der Waals surface area contributed by atoms with Gasteiger partial charge < -0.3 is 9.67 Å². The Bertz CT molecular complexity index is 1000. The molecule has 0 aliphatic heterocycles. The molecular weight excluding hydrogens is 378 g/mol. The second-order valence-corrected chi connectivity index (χ2v) is 7.02. The molecule has 0 aliphatic rings. The van der Waals surface area contributed by atoms with Crippen LogP contribution in [0.2, 0.25) is 0 Å². The van der Waals surface area contributed by atoms with Gasteiger partial charge in [-0.25, -0.2) is 0 Å². The zero-order chi connectivity index (χ0) is 20.1. The molecule has 9 heteroatoms. The molecule has 28 heavy (non-hydrogen) atoms. The number of hydrogen-bond acceptors (Lipinski definition) is 6. The fraction of sp³-hybridized carbons (Fsp3) is 0.158. The van der Waals surface area contributed by atoms with E-state index in [0.29, 0.717) is 16.5 Å². The molecule has 0 saturated carbocycles. The SMILES string of the molecule is Cc1cccc(C(=O)NNC(=O)CSc2nnc(-c3ccc(O)cc3)n2C)c1. The Balaban J connectivity index is 1.53. The normalized spacial score (nSPS) is 10.5. The van der Waals surface area contributed by atoms with Gasteiger partial charge in [0.05, 0.1) is 5.75 Å². The Morgan fingerprint density at radius 3 is 2.57 bits per heavy atom. The van der Waals surface area contributed by atoms with Crippen LogP contribution in [0.5, 0.6) is 5.75 Å². The lowest BCUT2D eigenvalue weighted by Crippen LogP contribution is -2.42. The van der Waals surface area contributed by atoms with Gasteiger partial charge in [-0.3, -0.25) is 20.4 Å². The Kier molecular flexibility index (Phi) is 5.95. The third-order valence-electron chi connectivity index (χ3n) is 3.89. The predicted octanol–water partition coefficient (Wildman–Crippen LogP) is 2.05. The topological polar surface area (TPSA) is 109 Å². The zero-order valence-corrected chi connectivity index (χ0v) is 16.2. The van der Waals surface area contributed by atoms with E-state index in [1.165, 1.54) is 11.8 Å². The van der Waals surface area contributed by atoms with Crippen LogP contribution >= 0.6 is 11.8 Å². The first-order chi connectivity index (χ1) is 13.4. The number of thioether (sulfide) groups is 1. The molecule has 3 rings (SSSR count). The highest BCUT2D eigenvalue weighted by Crippen LogP contribution is 2.23. The van der Waals surface area contributed by atoms with Crippen molar-refractivity contribution in [2.45, 2.75) is 12.1 Å². The molecule has 144 valence electrons. The lowest BCUT2D eigenvalue weighted by Gasteiger charge is -2.08. The monoisotopic (exact) mass is 397 g/mol. The lowest BCUT2D eigenvalue weighted by atomic mass is 10.1. The van der Waals surface area contributed by atoms with Crippen molar-refractivity contribution in [2.24, 2.45) is 7.05 Å². The molecule has 2 aromatic carbocycles. The Morgan fingerprint density at radius 1 is 1.11 bits per heavy atom. The zero-order valence-electron chi connectivity index (χ0n) is 15.3. The van der Waals surface area contributed by atoms with Gasteiger partial charge >= 0.3 is 0 Å². The van der Waals surface area contributed by atoms with Gasteiger partial charge in [-0.2, -0.15) is 0 Å². The van der Waals surface area contributed by atoms with E-state index in [1.54, 1.807) is 54.1 Å². The maximum Gasteiger partial charge on any atom is 0.269 e. The Morgan fingerprint density at radius 2 is 1.86 bits per heavy atom. The fourth-order valence-corrected chi connectivity index (χ4v) is 3.16. The number of carbonyl (C=O) groups excluding carboxylic acids is 2. The molecule has 1 aromatic heterocycles. The van der Waals surface area contributed by atoms with Crippen LogP contribution in [0, 0.1) is 6.92 Å². The summed E-state index contributed by atoms with van der Waals surface area (Å²) in [4.78, 5) is 24.0. The third kappa shape index (κ3) is 4.68. The summed E-state index contributed by atoms with van der Waals surface area (Å²) in [5.74, 6) is 0.117. The number of rotatable bonds is 5. The van der Waals surface area contributed by atoms with Gasteiger partial charge in [0.2, 0.25) is 5.91 Å². The van der Waals surface area contributed by atoms with Gasteiger partial charge in [-0.15, -0.1) is 10.2 Å². The van der Waals surface area contributed by atoms with Crippen molar-refractivity contribution in [2.75, 3.05) is 5.75 Å². The van der Waals surface area contributed by atoms with Crippen LogP contribution in [0.15, 0.2) is 53.7 Å². The van der Waals surface area contributed by atoms with Crippen LogP contribution in [-0.4, -0.2) is 37.4 Å². The molecule has 0 radical (unpaired) electrons. The maximum absolute atomic E-state index is 12.0. The number of aromatic nitrogens is 3. The summed E-state index contributed by atoms with van der Waals surface area (Å²) >= 11 is 1.20. The molecule has 0 spiro atoms. The van der Waals surface area contributed by atoms with Crippen molar-refractivity contribution in [3.8, 4) is 17.1 Å². The summed E-state index contributed by atoms with van der Waals surface area (Å²) in [5, 5.41) is 18.1. The van der Waals surface area contributed by atoms with Gasteiger partial charge in [0.25, 0.3) is 5.91 Å². The number of nitrogens with zero attached hydrogens (tertiary/aromatic N) is 3. The number of benzene rings is 2. The molecule has 0 saturated heterocycles. The molecule has 8 nitrogen and oxygen atoms in total. The van der Waals surface area contributed by atoms with Crippen molar-refractivity contribution in [3.05, 3.63) is 59.7 Å². The van der Waals surface area contributed by atoms with Crippen molar-refractivity contribution < 1.29 is 14.7 Å². The summed E-state index contributed by atoms with van der Waals surface area (Å²) in [6.45, 7) is 1.89. The lowest BCUT2D eigenvalue weighted by molar-refractivity contribution is -0.119. The molecule has 1 heterocycles. The van der Waals surface area contributed by atoms with Crippen molar-refractivity contribution >= 4 is 23.6 Å². The van der Waals surface area contributed by atoms with Gasteiger partial charge in [-0.1, -0.05) is 29.5 Å². The van der Waals surface area contributed by atoms with Crippen molar-refractivity contribution in [3.63, 3.8) is 0 Å². The molecule has 2 amide bonds. The second-order valence-electron chi connectivity index (χ2n) is 6.07. The first kappa shape index (κ1) is 19.4. The molecule has 0 fully saturated rings. The van der Waals surface area contributed by atoms with Crippen LogP contribution in [0.25, 0.3) is 11.4 Å². The maximum atomic E-state index is 12.0. The average Bonchev–Trinajstić information content (AvgIpc) is 3.05. The molecule has 0 unspecified atom stereocenters. The molecule has 0 aliphatic carbocycles. The quantitative estimate of drug-likeness (QED) is 0.449. The van der Waals surface area contributed by atoms with Crippen LogP contribution < -0.4 is 10.9 Å². The van der Waals surface area contributed by atoms with E-state index in [-0.39, 0.29) is 23.3 Å². The third-order valence-corrected chi connectivity index (χ3v) is 4.91. The van der Waals surface area contributed by atoms with Gasteiger partial charge in [0.15, 0.2) is 11.0 Å².